The van der Waals surface area contributed by atoms with Crippen LogP contribution in [0.15, 0.2) is 0 Å². The Morgan fingerprint density at radius 2 is 2.00 bits per heavy atom. The van der Waals surface area contributed by atoms with E-state index in [2.05, 4.69) is 10.6 Å². The van der Waals surface area contributed by atoms with E-state index in [-0.39, 0.29) is 24.4 Å². The summed E-state index contributed by atoms with van der Waals surface area (Å²) in [6, 6.07) is 0.112. The van der Waals surface area contributed by atoms with Gasteiger partial charge in [0.05, 0.1) is 12.3 Å². The first kappa shape index (κ1) is 17.3. The van der Waals surface area contributed by atoms with Crippen LogP contribution in [0.2, 0.25) is 0 Å². The second kappa shape index (κ2) is 9.23. The third-order valence-corrected chi connectivity index (χ3v) is 4.60. The van der Waals surface area contributed by atoms with E-state index in [0.29, 0.717) is 17.5 Å². The predicted molar refractivity (Wildman–Crippen MR) is 83.9 cm³/mol. The fourth-order valence-corrected chi connectivity index (χ4v) is 3.29. The highest BCUT2D eigenvalue weighted by molar-refractivity contribution is 8.00. The SMILES string of the molecule is CCN(CC(=O)NC(C)C)C(=O)CSC1CCNCC1. The molecule has 1 heterocycles. The number of nitrogens with zero attached hydrogens (tertiary/aromatic N) is 1. The largest absolute Gasteiger partial charge is 0.352 e. The summed E-state index contributed by atoms with van der Waals surface area (Å²) >= 11 is 1.73. The highest BCUT2D eigenvalue weighted by atomic mass is 32.2. The molecule has 0 aliphatic carbocycles. The van der Waals surface area contributed by atoms with E-state index in [1.807, 2.05) is 20.8 Å². The lowest BCUT2D eigenvalue weighted by Gasteiger charge is -2.24. The van der Waals surface area contributed by atoms with Crippen molar-refractivity contribution in [1.29, 1.82) is 0 Å². The highest BCUT2D eigenvalue weighted by Crippen LogP contribution is 2.20. The topological polar surface area (TPSA) is 61.4 Å². The van der Waals surface area contributed by atoms with Crippen LogP contribution in [-0.4, -0.2) is 59.9 Å². The van der Waals surface area contributed by atoms with Gasteiger partial charge in [0.25, 0.3) is 0 Å². The maximum absolute atomic E-state index is 12.1. The molecule has 1 rings (SSSR count). The van der Waals surface area contributed by atoms with Crippen molar-refractivity contribution in [2.75, 3.05) is 31.9 Å². The average molecular weight is 301 g/mol. The summed E-state index contributed by atoms with van der Waals surface area (Å²) in [4.78, 5) is 25.5. The maximum Gasteiger partial charge on any atom is 0.239 e. The lowest BCUT2D eigenvalue weighted by Crippen LogP contribution is -2.43. The van der Waals surface area contributed by atoms with Gasteiger partial charge in [0.1, 0.15) is 0 Å². The number of piperidine rings is 1. The number of amides is 2. The summed E-state index contributed by atoms with van der Waals surface area (Å²) in [5.41, 5.74) is 0. The molecule has 0 saturated carbocycles. The minimum absolute atomic E-state index is 0.0648. The Balaban J connectivity index is 2.32. The van der Waals surface area contributed by atoms with Gasteiger partial charge in [-0.25, -0.2) is 0 Å². The number of rotatable bonds is 7. The summed E-state index contributed by atoms with van der Waals surface area (Å²) in [6.07, 6.45) is 2.25. The molecule has 0 aromatic rings. The molecule has 116 valence electrons. The lowest BCUT2D eigenvalue weighted by molar-refractivity contribution is -0.134. The van der Waals surface area contributed by atoms with E-state index < -0.39 is 0 Å². The fourth-order valence-electron chi connectivity index (χ4n) is 2.16. The van der Waals surface area contributed by atoms with Crippen LogP contribution in [0.5, 0.6) is 0 Å². The quantitative estimate of drug-likeness (QED) is 0.732. The lowest BCUT2D eigenvalue weighted by atomic mass is 10.2. The molecule has 1 saturated heterocycles. The number of hydrogen-bond acceptors (Lipinski definition) is 4. The summed E-state index contributed by atoms with van der Waals surface area (Å²) in [6.45, 7) is 8.58. The summed E-state index contributed by atoms with van der Waals surface area (Å²) in [7, 11) is 0. The Hall–Kier alpha value is -0.750. The molecule has 1 fully saturated rings. The molecule has 5 nitrogen and oxygen atoms in total. The third-order valence-electron chi connectivity index (χ3n) is 3.25. The predicted octanol–water partition coefficient (Wildman–Crippen LogP) is 0.845. The molecule has 0 aromatic heterocycles. The van der Waals surface area contributed by atoms with Crippen LogP contribution < -0.4 is 10.6 Å². The number of nitrogens with one attached hydrogen (secondary N) is 2. The summed E-state index contributed by atoms with van der Waals surface area (Å²) in [5, 5.41) is 6.71. The van der Waals surface area contributed by atoms with E-state index in [1.54, 1.807) is 16.7 Å². The molecule has 0 spiro atoms. The van der Waals surface area contributed by atoms with Gasteiger partial charge < -0.3 is 15.5 Å². The molecular formula is C14H27N3O2S. The van der Waals surface area contributed by atoms with Crippen LogP contribution in [0.1, 0.15) is 33.6 Å². The van der Waals surface area contributed by atoms with Crippen LogP contribution in [0.3, 0.4) is 0 Å². The van der Waals surface area contributed by atoms with Crippen molar-refractivity contribution in [2.24, 2.45) is 0 Å². The van der Waals surface area contributed by atoms with Gasteiger partial charge in [0.15, 0.2) is 0 Å². The molecule has 0 bridgehead atoms. The second-order valence-electron chi connectivity index (χ2n) is 5.39. The molecule has 2 amide bonds. The number of hydrogen-bond donors (Lipinski definition) is 2. The monoisotopic (exact) mass is 301 g/mol. The van der Waals surface area contributed by atoms with Crippen LogP contribution in [0.25, 0.3) is 0 Å². The molecular weight excluding hydrogens is 274 g/mol. The summed E-state index contributed by atoms with van der Waals surface area (Å²) < 4.78 is 0. The van der Waals surface area contributed by atoms with Crippen molar-refractivity contribution >= 4 is 23.6 Å². The molecule has 1 aliphatic heterocycles. The van der Waals surface area contributed by atoms with E-state index in [9.17, 15) is 9.59 Å². The molecule has 0 radical (unpaired) electrons. The van der Waals surface area contributed by atoms with Crippen molar-refractivity contribution in [2.45, 2.75) is 44.9 Å². The molecule has 1 aliphatic rings. The van der Waals surface area contributed by atoms with Crippen molar-refractivity contribution in [3.05, 3.63) is 0 Å². The summed E-state index contributed by atoms with van der Waals surface area (Å²) in [5.74, 6) is 0.463. The van der Waals surface area contributed by atoms with Crippen LogP contribution in [0, 0.1) is 0 Å². The van der Waals surface area contributed by atoms with Crippen molar-refractivity contribution in [3.8, 4) is 0 Å². The average Bonchev–Trinajstić information content (AvgIpc) is 2.42. The van der Waals surface area contributed by atoms with Gasteiger partial charge >= 0.3 is 0 Å². The van der Waals surface area contributed by atoms with Gasteiger partial charge in [-0.3, -0.25) is 9.59 Å². The van der Waals surface area contributed by atoms with Crippen molar-refractivity contribution in [3.63, 3.8) is 0 Å². The maximum atomic E-state index is 12.1. The first-order chi connectivity index (χ1) is 9.52. The molecule has 2 N–H and O–H groups in total. The third kappa shape index (κ3) is 6.61. The smallest absolute Gasteiger partial charge is 0.239 e. The van der Waals surface area contributed by atoms with Gasteiger partial charge in [0, 0.05) is 17.8 Å². The Morgan fingerprint density at radius 1 is 1.35 bits per heavy atom. The second-order valence-corrected chi connectivity index (χ2v) is 6.68. The first-order valence-corrected chi connectivity index (χ1v) is 8.47. The van der Waals surface area contributed by atoms with Gasteiger partial charge in [-0.2, -0.15) is 0 Å². The zero-order valence-electron chi connectivity index (χ0n) is 12.8. The normalized spacial score (nSPS) is 16.2. The number of thioether (sulfide) groups is 1. The molecule has 0 aromatic carbocycles. The minimum atomic E-state index is -0.0814. The van der Waals surface area contributed by atoms with E-state index in [0.717, 1.165) is 25.9 Å². The first-order valence-electron chi connectivity index (χ1n) is 7.42. The Kier molecular flexibility index (Phi) is 7.99. The molecule has 20 heavy (non-hydrogen) atoms. The van der Waals surface area contributed by atoms with E-state index >= 15 is 0 Å². The zero-order chi connectivity index (χ0) is 15.0. The number of carbonyl (C=O) groups is 2. The van der Waals surface area contributed by atoms with E-state index in [1.165, 1.54) is 0 Å². The van der Waals surface area contributed by atoms with Crippen LogP contribution in [-0.2, 0) is 9.59 Å². The van der Waals surface area contributed by atoms with Crippen molar-refractivity contribution in [1.82, 2.24) is 15.5 Å². The van der Waals surface area contributed by atoms with Crippen LogP contribution in [0.4, 0.5) is 0 Å². The standard InChI is InChI=1S/C14H27N3O2S/c1-4-17(9-13(18)16-11(2)3)14(19)10-20-12-5-7-15-8-6-12/h11-12,15H,4-10H2,1-3H3,(H,16,18). The number of carbonyl (C=O) groups excluding carboxylic acids is 2. The zero-order valence-corrected chi connectivity index (χ0v) is 13.6. The highest BCUT2D eigenvalue weighted by Gasteiger charge is 2.19. The number of likely N-dealkylation sites (N-methyl/N-ethyl adjacent to an activating group) is 1. The minimum Gasteiger partial charge on any atom is -0.352 e. The van der Waals surface area contributed by atoms with Gasteiger partial charge in [-0.1, -0.05) is 0 Å². The fraction of sp³-hybridized carbons (Fsp3) is 0.857. The molecule has 6 heteroatoms. The Bertz CT molecular complexity index is 318. The van der Waals surface area contributed by atoms with E-state index in [4.69, 9.17) is 0 Å². The van der Waals surface area contributed by atoms with Gasteiger partial charge in [0.2, 0.25) is 11.8 Å². The van der Waals surface area contributed by atoms with Gasteiger partial charge in [-0.15, -0.1) is 11.8 Å². The van der Waals surface area contributed by atoms with Crippen LogP contribution >= 0.6 is 11.8 Å². The Labute approximate surface area is 126 Å². The molecule has 0 unspecified atom stereocenters. The Morgan fingerprint density at radius 3 is 2.55 bits per heavy atom. The van der Waals surface area contributed by atoms with Crippen molar-refractivity contribution < 1.29 is 9.59 Å². The van der Waals surface area contributed by atoms with Gasteiger partial charge in [-0.05, 0) is 46.7 Å². The molecule has 0 atom stereocenters.